The highest BCUT2D eigenvalue weighted by Crippen LogP contribution is 2.13. The summed E-state index contributed by atoms with van der Waals surface area (Å²) in [6, 6.07) is -3.87. The number of guanidine groups is 1. The molecule has 6 atom stereocenters. The van der Waals surface area contributed by atoms with E-state index in [4.69, 9.17) is 22.9 Å². The topological polar surface area (TPSA) is 241 Å². The molecule has 0 aromatic carbocycles. The van der Waals surface area contributed by atoms with E-state index in [-0.39, 0.29) is 30.8 Å². The van der Waals surface area contributed by atoms with Crippen LogP contribution in [0.25, 0.3) is 0 Å². The van der Waals surface area contributed by atoms with Crippen LogP contribution in [0.4, 0.5) is 0 Å². The first-order valence-corrected chi connectivity index (χ1v) is 13.0. The molecule has 13 nitrogen and oxygen atoms in total. The molecule has 13 heteroatoms. The maximum Gasteiger partial charge on any atom is 0.326 e. The van der Waals surface area contributed by atoms with E-state index in [1.165, 1.54) is 0 Å². The molecule has 0 saturated heterocycles. The summed E-state index contributed by atoms with van der Waals surface area (Å²) in [4.78, 5) is 54.5. The Hall–Kier alpha value is -2.93. The lowest BCUT2D eigenvalue weighted by atomic mass is 9.94. The molecular formula is C24H48N8O5. The van der Waals surface area contributed by atoms with Crippen LogP contribution >= 0.6 is 0 Å². The largest absolute Gasteiger partial charge is 0.480 e. The average Bonchev–Trinajstić information content (AvgIpc) is 2.85. The Kier molecular flexibility index (Phi) is 16.9. The Bertz CT molecular complexity index is 759. The van der Waals surface area contributed by atoms with Gasteiger partial charge in [0, 0.05) is 6.54 Å². The van der Waals surface area contributed by atoms with Crippen LogP contribution in [0.3, 0.4) is 0 Å². The number of unbranched alkanes of at least 4 members (excludes halogenated alkanes) is 1. The number of hydrogen-bond donors (Lipinski definition) is 8. The number of nitrogens with two attached hydrogens (primary N) is 4. The van der Waals surface area contributed by atoms with E-state index in [1.807, 2.05) is 20.8 Å². The van der Waals surface area contributed by atoms with Gasteiger partial charge in [-0.15, -0.1) is 0 Å². The molecule has 0 aromatic heterocycles. The van der Waals surface area contributed by atoms with Crippen molar-refractivity contribution in [2.75, 3.05) is 13.1 Å². The van der Waals surface area contributed by atoms with Crippen LogP contribution in [-0.2, 0) is 19.2 Å². The Morgan fingerprint density at radius 3 is 1.78 bits per heavy atom. The summed E-state index contributed by atoms with van der Waals surface area (Å²) in [6.07, 6.45) is 3.46. The van der Waals surface area contributed by atoms with Crippen molar-refractivity contribution in [3.8, 4) is 0 Å². The normalized spacial score (nSPS) is 15.8. The SMILES string of the molecule is CCC(C)C(NC(=O)C(N)CCCCN)C(=O)NC(C(=O)NC(CCCN=C(N)N)C(=O)O)C(C)CC. The molecule has 214 valence electrons. The maximum absolute atomic E-state index is 13.3. The zero-order chi connectivity index (χ0) is 28.5. The van der Waals surface area contributed by atoms with Crippen molar-refractivity contribution in [1.29, 1.82) is 0 Å². The van der Waals surface area contributed by atoms with Gasteiger partial charge in [0.15, 0.2) is 5.96 Å². The predicted octanol–water partition coefficient (Wildman–Crippen LogP) is -0.872. The van der Waals surface area contributed by atoms with Gasteiger partial charge in [-0.3, -0.25) is 19.4 Å². The van der Waals surface area contributed by atoms with Crippen molar-refractivity contribution in [2.24, 2.45) is 39.8 Å². The molecule has 0 radical (unpaired) electrons. The molecule has 6 unspecified atom stereocenters. The number of nitrogens with one attached hydrogen (secondary N) is 3. The van der Waals surface area contributed by atoms with E-state index in [1.54, 1.807) is 6.92 Å². The van der Waals surface area contributed by atoms with Gasteiger partial charge in [-0.1, -0.05) is 47.0 Å². The Labute approximate surface area is 219 Å². The summed E-state index contributed by atoms with van der Waals surface area (Å²) in [5, 5.41) is 17.5. The van der Waals surface area contributed by atoms with Crippen LogP contribution in [0.2, 0.25) is 0 Å². The van der Waals surface area contributed by atoms with E-state index in [0.717, 1.165) is 6.42 Å². The number of aliphatic carboxylic acids is 1. The van der Waals surface area contributed by atoms with Gasteiger partial charge < -0.3 is 44.0 Å². The van der Waals surface area contributed by atoms with Gasteiger partial charge in [-0.25, -0.2) is 4.79 Å². The van der Waals surface area contributed by atoms with Gasteiger partial charge in [0.05, 0.1) is 6.04 Å². The first kappa shape index (κ1) is 34.1. The van der Waals surface area contributed by atoms with Gasteiger partial charge in [0.1, 0.15) is 18.1 Å². The lowest BCUT2D eigenvalue weighted by molar-refractivity contribution is -0.143. The molecule has 0 saturated carbocycles. The number of hydrogen-bond acceptors (Lipinski definition) is 7. The predicted molar refractivity (Wildman–Crippen MR) is 143 cm³/mol. The van der Waals surface area contributed by atoms with Crippen LogP contribution in [0.1, 0.15) is 72.6 Å². The molecule has 0 fully saturated rings. The number of carbonyl (C=O) groups is 4. The highest BCUT2D eigenvalue weighted by Gasteiger charge is 2.34. The van der Waals surface area contributed by atoms with Crippen molar-refractivity contribution in [3.05, 3.63) is 0 Å². The molecule has 3 amide bonds. The lowest BCUT2D eigenvalue weighted by Crippen LogP contribution is -2.60. The number of amides is 3. The summed E-state index contributed by atoms with van der Waals surface area (Å²) in [6.45, 7) is 8.07. The van der Waals surface area contributed by atoms with Gasteiger partial charge >= 0.3 is 5.97 Å². The number of aliphatic imine (C=N–C) groups is 1. The summed E-state index contributed by atoms with van der Waals surface area (Å²) >= 11 is 0. The van der Waals surface area contributed by atoms with E-state index in [0.29, 0.717) is 38.6 Å². The standard InChI is InChI=1S/C24H48N8O5/c1-5-14(3)18(21(34)30-17(23(36)37)11-9-13-29-24(27)28)32-22(35)19(15(4)6-2)31-20(33)16(26)10-7-8-12-25/h14-19H,5-13,25-26H2,1-4H3,(H,30,34)(H,31,33)(H,32,35)(H,36,37)(H4,27,28,29). The number of rotatable bonds is 19. The highest BCUT2D eigenvalue weighted by atomic mass is 16.4. The molecule has 0 heterocycles. The third-order valence-corrected chi connectivity index (χ3v) is 6.45. The summed E-state index contributed by atoms with van der Waals surface area (Å²) in [5.41, 5.74) is 22.0. The Balaban J connectivity index is 5.50. The smallest absolute Gasteiger partial charge is 0.326 e. The molecule has 0 aliphatic carbocycles. The van der Waals surface area contributed by atoms with Crippen molar-refractivity contribution in [3.63, 3.8) is 0 Å². The number of carboxylic acid groups (broad SMARTS) is 1. The quantitative estimate of drug-likeness (QED) is 0.0589. The number of nitrogens with zero attached hydrogens (tertiary/aromatic N) is 1. The van der Waals surface area contributed by atoms with E-state index < -0.39 is 47.9 Å². The number of carboxylic acids is 1. The van der Waals surface area contributed by atoms with Crippen LogP contribution in [0.5, 0.6) is 0 Å². The van der Waals surface area contributed by atoms with Crippen molar-refractivity contribution >= 4 is 29.7 Å². The fourth-order valence-corrected chi connectivity index (χ4v) is 3.57. The third-order valence-electron chi connectivity index (χ3n) is 6.45. The maximum atomic E-state index is 13.3. The molecule has 0 spiro atoms. The third kappa shape index (κ3) is 13.3. The fourth-order valence-electron chi connectivity index (χ4n) is 3.57. The summed E-state index contributed by atoms with van der Waals surface area (Å²) in [5.74, 6) is -3.44. The molecule has 0 aliphatic heterocycles. The first-order valence-electron chi connectivity index (χ1n) is 13.0. The van der Waals surface area contributed by atoms with Gasteiger partial charge in [0.2, 0.25) is 17.7 Å². The number of carbonyl (C=O) groups excluding carboxylic acids is 3. The first-order chi connectivity index (χ1) is 17.4. The molecule has 0 rings (SSSR count). The van der Waals surface area contributed by atoms with Crippen LogP contribution in [0, 0.1) is 11.8 Å². The zero-order valence-corrected chi connectivity index (χ0v) is 22.7. The lowest BCUT2D eigenvalue weighted by Gasteiger charge is -2.30. The molecule has 0 aromatic rings. The summed E-state index contributed by atoms with van der Waals surface area (Å²) < 4.78 is 0. The van der Waals surface area contributed by atoms with Gasteiger partial charge in [0.25, 0.3) is 0 Å². The van der Waals surface area contributed by atoms with Crippen molar-refractivity contribution < 1.29 is 24.3 Å². The minimum Gasteiger partial charge on any atom is -0.480 e. The molecular weight excluding hydrogens is 480 g/mol. The van der Waals surface area contributed by atoms with Crippen molar-refractivity contribution in [2.45, 2.75) is 96.8 Å². The summed E-state index contributed by atoms with van der Waals surface area (Å²) in [7, 11) is 0. The molecule has 12 N–H and O–H groups in total. The van der Waals surface area contributed by atoms with Crippen LogP contribution < -0.4 is 38.9 Å². The average molecular weight is 529 g/mol. The minimum absolute atomic E-state index is 0.102. The minimum atomic E-state index is -1.21. The second-order valence-electron chi connectivity index (χ2n) is 9.48. The van der Waals surface area contributed by atoms with Gasteiger partial charge in [-0.05, 0) is 44.1 Å². The fraction of sp³-hybridized carbons (Fsp3) is 0.792. The highest BCUT2D eigenvalue weighted by molar-refractivity contribution is 5.94. The van der Waals surface area contributed by atoms with Crippen molar-refractivity contribution in [1.82, 2.24) is 16.0 Å². The monoisotopic (exact) mass is 528 g/mol. The van der Waals surface area contributed by atoms with Gasteiger partial charge in [-0.2, -0.15) is 0 Å². The van der Waals surface area contributed by atoms with Crippen LogP contribution in [0.15, 0.2) is 4.99 Å². The van der Waals surface area contributed by atoms with E-state index in [9.17, 15) is 24.3 Å². The second kappa shape index (κ2) is 18.3. The zero-order valence-electron chi connectivity index (χ0n) is 22.7. The molecule has 0 bridgehead atoms. The van der Waals surface area contributed by atoms with E-state index in [2.05, 4.69) is 20.9 Å². The Morgan fingerprint density at radius 2 is 1.32 bits per heavy atom. The van der Waals surface area contributed by atoms with Crippen LogP contribution in [-0.4, -0.2) is 72.0 Å². The second-order valence-corrected chi connectivity index (χ2v) is 9.48. The van der Waals surface area contributed by atoms with E-state index >= 15 is 0 Å². The molecule has 37 heavy (non-hydrogen) atoms. The molecule has 0 aliphatic rings. The Morgan fingerprint density at radius 1 is 0.811 bits per heavy atom.